The molecule has 0 heterocycles. The van der Waals surface area contributed by atoms with Crippen LogP contribution in [-0.2, 0) is 0 Å². The number of nitrogens with zero attached hydrogens (tertiary/aromatic N) is 1. The molecule has 0 aliphatic carbocycles. The quantitative estimate of drug-likeness (QED) is 0.848. The number of anilines is 1. The van der Waals surface area contributed by atoms with Crippen molar-refractivity contribution in [2.45, 2.75) is 40.2 Å². The van der Waals surface area contributed by atoms with Gasteiger partial charge in [0.15, 0.2) is 0 Å². The van der Waals surface area contributed by atoms with E-state index in [-0.39, 0.29) is 6.04 Å². The summed E-state index contributed by atoms with van der Waals surface area (Å²) >= 11 is 0. The Kier molecular flexibility index (Phi) is 5.01. The molecule has 0 aromatic heterocycles. The van der Waals surface area contributed by atoms with Crippen molar-refractivity contribution < 1.29 is 0 Å². The van der Waals surface area contributed by atoms with Crippen LogP contribution in [0.1, 0.15) is 31.4 Å². The minimum absolute atomic E-state index is 0.241. The molecule has 2 heteroatoms. The van der Waals surface area contributed by atoms with Gasteiger partial charge in [0, 0.05) is 25.3 Å². The van der Waals surface area contributed by atoms with Crippen molar-refractivity contribution in [2.24, 2.45) is 11.7 Å². The van der Waals surface area contributed by atoms with E-state index in [4.69, 9.17) is 5.73 Å². The fourth-order valence-electron chi connectivity index (χ4n) is 2.08. The molecule has 0 radical (unpaired) electrons. The minimum atomic E-state index is 0.241. The molecule has 2 atom stereocenters. The van der Waals surface area contributed by atoms with Crippen LogP contribution in [0, 0.1) is 19.8 Å². The average Bonchev–Trinajstić information content (AvgIpc) is 2.26. The molecule has 0 aliphatic rings. The maximum Gasteiger partial charge on any atom is 0.0369 e. The lowest BCUT2D eigenvalue weighted by atomic mass is 9.99. The van der Waals surface area contributed by atoms with Gasteiger partial charge in [0.2, 0.25) is 0 Å². The predicted molar refractivity (Wildman–Crippen MR) is 76.6 cm³/mol. The summed E-state index contributed by atoms with van der Waals surface area (Å²) in [6.07, 6.45) is 1.14. The summed E-state index contributed by atoms with van der Waals surface area (Å²) in [6.45, 7) is 9.61. The molecule has 0 aliphatic heterocycles. The van der Waals surface area contributed by atoms with Crippen molar-refractivity contribution in [1.82, 2.24) is 0 Å². The van der Waals surface area contributed by atoms with E-state index >= 15 is 0 Å². The smallest absolute Gasteiger partial charge is 0.0369 e. The van der Waals surface area contributed by atoms with Crippen LogP contribution < -0.4 is 10.6 Å². The summed E-state index contributed by atoms with van der Waals surface area (Å²) in [5.41, 5.74) is 10.1. The molecule has 96 valence electrons. The largest absolute Gasteiger partial charge is 0.373 e. The van der Waals surface area contributed by atoms with Gasteiger partial charge in [-0.2, -0.15) is 0 Å². The number of rotatable bonds is 5. The number of hydrogen-bond donors (Lipinski definition) is 1. The highest BCUT2D eigenvalue weighted by molar-refractivity contribution is 5.50. The zero-order valence-corrected chi connectivity index (χ0v) is 11.8. The third kappa shape index (κ3) is 4.04. The SMILES string of the molecule is CCC(C)C(N)CN(C)c1cc(C)cc(C)c1. The van der Waals surface area contributed by atoms with Gasteiger partial charge >= 0.3 is 0 Å². The Hall–Kier alpha value is -1.02. The van der Waals surface area contributed by atoms with Gasteiger partial charge in [0.25, 0.3) is 0 Å². The lowest BCUT2D eigenvalue weighted by Crippen LogP contribution is -2.39. The molecule has 0 fully saturated rings. The second-order valence-corrected chi connectivity index (χ2v) is 5.28. The van der Waals surface area contributed by atoms with Crippen LogP contribution >= 0.6 is 0 Å². The summed E-state index contributed by atoms with van der Waals surface area (Å²) in [7, 11) is 2.12. The molecule has 17 heavy (non-hydrogen) atoms. The third-order valence-electron chi connectivity index (χ3n) is 3.51. The van der Waals surface area contributed by atoms with Crippen molar-refractivity contribution in [3.63, 3.8) is 0 Å². The van der Waals surface area contributed by atoms with Crippen LogP contribution in [0.2, 0.25) is 0 Å². The molecule has 1 rings (SSSR count). The Morgan fingerprint density at radius 1 is 1.18 bits per heavy atom. The van der Waals surface area contributed by atoms with Crippen molar-refractivity contribution in [3.8, 4) is 0 Å². The first-order valence-corrected chi connectivity index (χ1v) is 6.49. The molecular formula is C15H26N2. The van der Waals surface area contributed by atoms with Crippen LogP contribution in [0.5, 0.6) is 0 Å². The maximum absolute atomic E-state index is 6.20. The molecular weight excluding hydrogens is 208 g/mol. The Bertz CT molecular complexity index is 340. The first-order valence-electron chi connectivity index (χ1n) is 6.49. The predicted octanol–water partition coefficient (Wildman–Crippen LogP) is 3.11. The van der Waals surface area contributed by atoms with Gasteiger partial charge < -0.3 is 10.6 Å². The summed E-state index contributed by atoms with van der Waals surface area (Å²) in [5.74, 6) is 0.573. The van der Waals surface area contributed by atoms with Gasteiger partial charge in [-0.3, -0.25) is 0 Å². The second kappa shape index (κ2) is 6.06. The van der Waals surface area contributed by atoms with E-state index in [0.717, 1.165) is 13.0 Å². The lowest BCUT2D eigenvalue weighted by Gasteiger charge is -2.27. The molecule has 2 unspecified atom stereocenters. The lowest BCUT2D eigenvalue weighted by molar-refractivity contribution is 0.444. The summed E-state index contributed by atoms with van der Waals surface area (Å²) in [5, 5.41) is 0. The minimum Gasteiger partial charge on any atom is -0.373 e. The number of aryl methyl sites for hydroxylation is 2. The first kappa shape index (κ1) is 14.0. The Labute approximate surface area is 106 Å². The molecule has 1 aromatic rings. The van der Waals surface area contributed by atoms with E-state index < -0.39 is 0 Å². The number of hydrogen-bond acceptors (Lipinski definition) is 2. The topological polar surface area (TPSA) is 29.3 Å². The monoisotopic (exact) mass is 234 g/mol. The van der Waals surface area contributed by atoms with Crippen molar-refractivity contribution in [2.75, 3.05) is 18.5 Å². The molecule has 2 nitrogen and oxygen atoms in total. The van der Waals surface area contributed by atoms with Crippen LogP contribution in [0.15, 0.2) is 18.2 Å². The van der Waals surface area contributed by atoms with E-state index in [2.05, 4.69) is 57.8 Å². The average molecular weight is 234 g/mol. The van der Waals surface area contributed by atoms with Gasteiger partial charge in [0.05, 0.1) is 0 Å². The maximum atomic E-state index is 6.20. The van der Waals surface area contributed by atoms with Gasteiger partial charge in [0.1, 0.15) is 0 Å². The molecule has 0 saturated carbocycles. The molecule has 2 N–H and O–H groups in total. The molecule has 0 bridgehead atoms. The Morgan fingerprint density at radius 3 is 2.18 bits per heavy atom. The summed E-state index contributed by atoms with van der Waals surface area (Å²) in [6, 6.07) is 6.88. The van der Waals surface area contributed by atoms with E-state index in [9.17, 15) is 0 Å². The van der Waals surface area contributed by atoms with E-state index in [1.54, 1.807) is 0 Å². The van der Waals surface area contributed by atoms with Crippen LogP contribution in [-0.4, -0.2) is 19.6 Å². The molecule has 1 aromatic carbocycles. The van der Waals surface area contributed by atoms with Gasteiger partial charge in [-0.25, -0.2) is 0 Å². The normalized spacial score (nSPS) is 14.5. The van der Waals surface area contributed by atoms with Gasteiger partial charge in [-0.15, -0.1) is 0 Å². The number of benzene rings is 1. The van der Waals surface area contributed by atoms with E-state index in [1.807, 2.05) is 0 Å². The highest BCUT2D eigenvalue weighted by atomic mass is 15.1. The molecule has 0 spiro atoms. The van der Waals surface area contributed by atoms with E-state index in [0.29, 0.717) is 5.92 Å². The van der Waals surface area contributed by atoms with Crippen molar-refractivity contribution in [3.05, 3.63) is 29.3 Å². The zero-order valence-electron chi connectivity index (χ0n) is 11.8. The highest BCUT2D eigenvalue weighted by Crippen LogP contribution is 2.18. The molecule has 0 amide bonds. The Balaban J connectivity index is 2.72. The summed E-state index contributed by atoms with van der Waals surface area (Å²) in [4.78, 5) is 2.26. The first-order chi connectivity index (χ1) is 7.93. The van der Waals surface area contributed by atoms with Gasteiger partial charge in [-0.05, 0) is 43.0 Å². The summed E-state index contributed by atoms with van der Waals surface area (Å²) < 4.78 is 0. The third-order valence-corrected chi connectivity index (χ3v) is 3.51. The fraction of sp³-hybridized carbons (Fsp3) is 0.600. The Morgan fingerprint density at radius 2 is 1.71 bits per heavy atom. The number of likely N-dealkylation sites (N-methyl/N-ethyl adjacent to an activating group) is 1. The number of nitrogens with two attached hydrogens (primary N) is 1. The second-order valence-electron chi connectivity index (χ2n) is 5.28. The molecule has 0 saturated heterocycles. The highest BCUT2D eigenvalue weighted by Gasteiger charge is 2.13. The van der Waals surface area contributed by atoms with Crippen LogP contribution in [0.25, 0.3) is 0 Å². The van der Waals surface area contributed by atoms with Crippen LogP contribution in [0.4, 0.5) is 5.69 Å². The van der Waals surface area contributed by atoms with Crippen molar-refractivity contribution in [1.29, 1.82) is 0 Å². The fourth-order valence-corrected chi connectivity index (χ4v) is 2.08. The van der Waals surface area contributed by atoms with Gasteiger partial charge in [-0.1, -0.05) is 26.3 Å². The van der Waals surface area contributed by atoms with Crippen molar-refractivity contribution >= 4 is 5.69 Å². The van der Waals surface area contributed by atoms with E-state index in [1.165, 1.54) is 16.8 Å². The van der Waals surface area contributed by atoms with Crippen LogP contribution in [0.3, 0.4) is 0 Å². The zero-order chi connectivity index (χ0) is 13.0. The standard InChI is InChI=1S/C15H26N2/c1-6-13(4)15(16)10-17(5)14-8-11(2)7-12(3)9-14/h7-9,13,15H,6,10,16H2,1-5H3.